The van der Waals surface area contributed by atoms with Crippen molar-refractivity contribution < 1.29 is 4.42 Å². The summed E-state index contributed by atoms with van der Waals surface area (Å²) in [5, 5.41) is 6.72. The maximum Gasteiger partial charge on any atom is 0.227 e. The van der Waals surface area contributed by atoms with Crippen molar-refractivity contribution in [3.05, 3.63) is 176 Å². The van der Waals surface area contributed by atoms with E-state index >= 15 is 0 Å². The molecule has 6 heteroatoms. The Balaban J connectivity index is 1.04. The van der Waals surface area contributed by atoms with Crippen LogP contribution in [-0.4, -0.2) is 24.5 Å². The Bertz CT molecular complexity index is 3200. The maximum atomic E-state index is 6.72. The van der Waals surface area contributed by atoms with Gasteiger partial charge in [0.25, 0.3) is 0 Å². The molecule has 0 spiro atoms. The van der Waals surface area contributed by atoms with Gasteiger partial charge in [-0.1, -0.05) is 133 Å². The van der Waals surface area contributed by atoms with Crippen molar-refractivity contribution in [2.24, 2.45) is 0 Å². The summed E-state index contributed by atoms with van der Waals surface area (Å²) in [4.78, 5) is 20.0. The monoisotopic (exact) mass is 691 g/mol. The molecule has 3 aromatic heterocycles. The lowest BCUT2D eigenvalue weighted by atomic mass is 10.0. The summed E-state index contributed by atoms with van der Waals surface area (Å²) in [5.74, 6) is 2.41. The minimum Gasteiger partial charge on any atom is -0.435 e. The van der Waals surface area contributed by atoms with E-state index in [1.165, 1.54) is 5.39 Å². The largest absolute Gasteiger partial charge is 0.435 e. The summed E-state index contributed by atoms with van der Waals surface area (Å²) in [6, 6.07) is 60.4. The standard InChI is InChI=1S/C48H29N5O/c1-3-13-32(14-4-1)45-50-46(52-47(51-45)37-20-11-15-30-12-7-8-18-36(30)37)33-22-24-34(25-23-33)48-49-39-28-26-31-27-29-41-43(42(31)44(39)54-48)38-19-9-10-21-40(38)53(41)35-16-5-2-6-17-35/h1-29H. The average molecular weight is 692 g/mol. The van der Waals surface area contributed by atoms with E-state index in [4.69, 9.17) is 24.4 Å². The molecule has 0 aliphatic heterocycles. The van der Waals surface area contributed by atoms with Gasteiger partial charge in [0.05, 0.1) is 11.0 Å². The summed E-state index contributed by atoms with van der Waals surface area (Å²) in [7, 11) is 0. The number of oxazole rings is 1. The molecule has 0 aliphatic carbocycles. The summed E-state index contributed by atoms with van der Waals surface area (Å²) in [5.41, 5.74) is 8.62. The quantitative estimate of drug-likeness (QED) is 0.180. The van der Waals surface area contributed by atoms with Gasteiger partial charge >= 0.3 is 0 Å². The normalized spacial score (nSPS) is 11.7. The Morgan fingerprint density at radius 3 is 1.83 bits per heavy atom. The van der Waals surface area contributed by atoms with Crippen molar-refractivity contribution in [3.8, 4) is 51.3 Å². The molecule has 0 amide bonds. The lowest BCUT2D eigenvalue weighted by Crippen LogP contribution is -2.00. The number of benzene rings is 8. The third-order valence-corrected chi connectivity index (χ3v) is 10.3. The Morgan fingerprint density at radius 2 is 1.02 bits per heavy atom. The van der Waals surface area contributed by atoms with Crippen LogP contribution in [0, 0.1) is 0 Å². The van der Waals surface area contributed by atoms with Crippen molar-refractivity contribution in [2.75, 3.05) is 0 Å². The number of rotatable bonds is 5. The van der Waals surface area contributed by atoms with E-state index < -0.39 is 0 Å². The predicted molar refractivity (Wildman–Crippen MR) is 218 cm³/mol. The van der Waals surface area contributed by atoms with Gasteiger partial charge < -0.3 is 8.98 Å². The molecule has 11 aromatic rings. The van der Waals surface area contributed by atoms with E-state index in [1.807, 2.05) is 78.9 Å². The minimum absolute atomic E-state index is 0.560. The van der Waals surface area contributed by atoms with Crippen LogP contribution in [0.15, 0.2) is 180 Å². The molecule has 54 heavy (non-hydrogen) atoms. The smallest absolute Gasteiger partial charge is 0.227 e. The van der Waals surface area contributed by atoms with Gasteiger partial charge in [-0.3, -0.25) is 0 Å². The highest BCUT2D eigenvalue weighted by atomic mass is 16.3. The second-order valence-corrected chi connectivity index (χ2v) is 13.5. The summed E-state index contributed by atoms with van der Waals surface area (Å²) in [6.07, 6.45) is 0. The summed E-state index contributed by atoms with van der Waals surface area (Å²) >= 11 is 0. The highest BCUT2D eigenvalue weighted by Gasteiger charge is 2.20. The average Bonchev–Trinajstić information content (AvgIpc) is 3.84. The van der Waals surface area contributed by atoms with Crippen LogP contribution >= 0.6 is 0 Å². The van der Waals surface area contributed by atoms with E-state index in [-0.39, 0.29) is 0 Å². The predicted octanol–water partition coefficient (Wildman–Crippen LogP) is 12.1. The first kappa shape index (κ1) is 30.2. The summed E-state index contributed by atoms with van der Waals surface area (Å²) in [6.45, 7) is 0. The molecule has 0 atom stereocenters. The van der Waals surface area contributed by atoms with Gasteiger partial charge in [0.15, 0.2) is 23.1 Å². The highest BCUT2D eigenvalue weighted by molar-refractivity contribution is 6.27. The van der Waals surface area contributed by atoms with Gasteiger partial charge in [0.1, 0.15) is 5.52 Å². The van der Waals surface area contributed by atoms with E-state index in [9.17, 15) is 0 Å². The molecule has 0 radical (unpaired) electrons. The van der Waals surface area contributed by atoms with Crippen molar-refractivity contribution in [3.63, 3.8) is 0 Å². The molecule has 252 valence electrons. The first-order valence-corrected chi connectivity index (χ1v) is 18.0. The first-order chi connectivity index (χ1) is 26.8. The molecule has 0 aliphatic rings. The first-order valence-electron chi connectivity index (χ1n) is 18.0. The van der Waals surface area contributed by atoms with Crippen LogP contribution < -0.4 is 0 Å². The fourth-order valence-corrected chi connectivity index (χ4v) is 7.76. The topological polar surface area (TPSA) is 69.6 Å². The Morgan fingerprint density at radius 1 is 0.389 bits per heavy atom. The molecule has 3 heterocycles. The Hall–Kier alpha value is -7.44. The molecule has 0 saturated heterocycles. The van der Waals surface area contributed by atoms with Crippen LogP contribution in [0.4, 0.5) is 0 Å². The molecule has 0 saturated carbocycles. The van der Waals surface area contributed by atoms with Gasteiger partial charge in [0.2, 0.25) is 5.89 Å². The van der Waals surface area contributed by atoms with Crippen LogP contribution in [0.2, 0.25) is 0 Å². The molecule has 0 bridgehead atoms. The number of fused-ring (bicyclic) bond motifs is 8. The van der Waals surface area contributed by atoms with Gasteiger partial charge in [-0.2, -0.15) is 0 Å². The van der Waals surface area contributed by atoms with E-state index in [1.54, 1.807) is 0 Å². The zero-order valence-electron chi connectivity index (χ0n) is 28.9. The highest BCUT2D eigenvalue weighted by Crippen LogP contribution is 2.41. The second kappa shape index (κ2) is 12.1. The van der Waals surface area contributed by atoms with Crippen molar-refractivity contribution in [1.82, 2.24) is 24.5 Å². The SMILES string of the molecule is c1ccc(-c2nc(-c3ccc(-c4nc5ccc6ccc7c(c8ccccc8n7-c7ccccc7)c6c5o4)cc3)nc(-c3cccc4ccccc34)n2)cc1. The van der Waals surface area contributed by atoms with Crippen LogP contribution in [-0.2, 0) is 0 Å². The van der Waals surface area contributed by atoms with Gasteiger partial charge in [0, 0.05) is 44.1 Å². The maximum absolute atomic E-state index is 6.72. The summed E-state index contributed by atoms with van der Waals surface area (Å²) < 4.78 is 9.05. The molecule has 6 nitrogen and oxygen atoms in total. The fourth-order valence-electron chi connectivity index (χ4n) is 7.76. The van der Waals surface area contributed by atoms with E-state index in [0.29, 0.717) is 23.4 Å². The van der Waals surface area contributed by atoms with E-state index in [2.05, 4.69) is 102 Å². The zero-order valence-corrected chi connectivity index (χ0v) is 28.9. The second-order valence-electron chi connectivity index (χ2n) is 13.5. The molecule has 0 N–H and O–H groups in total. The molecular weight excluding hydrogens is 663 g/mol. The number of para-hydroxylation sites is 2. The number of hydrogen-bond donors (Lipinski definition) is 0. The van der Waals surface area contributed by atoms with Gasteiger partial charge in [-0.05, 0) is 58.6 Å². The van der Waals surface area contributed by atoms with Gasteiger partial charge in [-0.25, -0.2) is 19.9 Å². The number of hydrogen-bond acceptors (Lipinski definition) is 5. The van der Waals surface area contributed by atoms with Crippen LogP contribution in [0.3, 0.4) is 0 Å². The van der Waals surface area contributed by atoms with Crippen LogP contribution in [0.5, 0.6) is 0 Å². The molecule has 11 rings (SSSR count). The zero-order chi connectivity index (χ0) is 35.6. The van der Waals surface area contributed by atoms with Gasteiger partial charge in [-0.15, -0.1) is 0 Å². The number of aromatic nitrogens is 5. The molecular formula is C48H29N5O. The number of nitrogens with zero attached hydrogens (tertiary/aromatic N) is 5. The molecule has 8 aromatic carbocycles. The van der Waals surface area contributed by atoms with Crippen molar-refractivity contribution >= 4 is 54.5 Å². The fraction of sp³-hybridized carbons (Fsp3) is 0. The lowest BCUT2D eigenvalue weighted by molar-refractivity contribution is 0.623. The van der Waals surface area contributed by atoms with Crippen LogP contribution in [0.1, 0.15) is 0 Å². The van der Waals surface area contributed by atoms with E-state index in [0.717, 1.165) is 77.0 Å². The van der Waals surface area contributed by atoms with Crippen LogP contribution in [0.25, 0.3) is 106 Å². The van der Waals surface area contributed by atoms with Crippen molar-refractivity contribution in [2.45, 2.75) is 0 Å². The molecule has 0 fully saturated rings. The molecule has 0 unspecified atom stereocenters. The van der Waals surface area contributed by atoms with Crippen molar-refractivity contribution in [1.29, 1.82) is 0 Å². The minimum atomic E-state index is 0.560. The third-order valence-electron chi connectivity index (χ3n) is 10.3. The Kier molecular flexibility index (Phi) is 6.75. The Labute approximate surface area is 309 Å². The lowest BCUT2D eigenvalue weighted by Gasteiger charge is -2.10. The third kappa shape index (κ3) is 4.81.